The number of nitrogens with one attached hydrogen (secondary N) is 1. The number of anilines is 2. The summed E-state index contributed by atoms with van der Waals surface area (Å²) in [6.45, 7) is 4.70. The smallest absolute Gasteiger partial charge is 0.305 e. The highest BCUT2D eigenvalue weighted by Crippen LogP contribution is 2.33. The lowest BCUT2D eigenvalue weighted by Gasteiger charge is -2.36. The molecular formula is C20H24ClN7O3S. The van der Waals surface area contributed by atoms with Gasteiger partial charge in [-0.1, -0.05) is 11.6 Å². The molecule has 2 fully saturated rings. The van der Waals surface area contributed by atoms with E-state index in [1.54, 1.807) is 25.4 Å². The maximum absolute atomic E-state index is 13.1. The summed E-state index contributed by atoms with van der Waals surface area (Å²) >= 11 is 6.27. The third kappa shape index (κ3) is 3.68. The van der Waals surface area contributed by atoms with Crippen LogP contribution in [-0.2, 0) is 14.9 Å². The van der Waals surface area contributed by atoms with Gasteiger partial charge in [-0.15, -0.1) is 0 Å². The number of hydrogen-bond donors (Lipinski definition) is 1. The number of hydrogen-bond acceptors (Lipinski definition) is 7. The Morgan fingerprint density at radius 1 is 1.16 bits per heavy atom. The average Bonchev–Trinajstić information content (AvgIpc) is 3.23. The summed E-state index contributed by atoms with van der Waals surface area (Å²) in [6, 6.07) is 5.43. The fourth-order valence-corrected chi connectivity index (χ4v) is 5.72. The number of rotatable bonds is 3. The first-order chi connectivity index (χ1) is 15.3. The van der Waals surface area contributed by atoms with Gasteiger partial charge in [0, 0.05) is 49.9 Å². The molecule has 5 rings (SSSR count). The second kappa shape index (κ2) is 8.14. The Labute approximate surface area is 191 Å². The summed E-state index contributed by atoms with van der Waals surface area (Å²) in [6.07, 6.45) is 2.48. The minimum absolute atomic E-state index is 0.0910. The molecule has 0 aliphatic carbocycles. The van der Waals surface area contributed by atoms with Crippen molar-refractivity contribution in [2.75, 3.05) is 49.1 Å². The van der Waals surface area contributed by atoms with Crippen LogP contribution in [0.5, 0.6) is 0 Å². The Morgan fingerprint density at radius 2 is 1.97 bits per heavy atom. The van der Waals surface area contributed by atoms with Crippen LogP contribution in [0.25, 0.3) is 22.4 Å². The maximum Gasteiger partial charge on any atom is 0.305 e. The molecule has 0 unspecified atom stereocenters. The lowest BCUT2D eigenvalue weighted by Crippen LogP contribution is -2.48. The molecule has 5 heterocycles. The highest BCUT2D eigenvalue weighted by molar-refractivity contribution is 7.90. The van der Waals surface area contributed by atoms with E-state index in [0.29, 0.717) is 73.1 Å². The summed E-state index contributed by atoms with van der Waals surface area (Å²) in [5.74, 6) is 1.39. The van der Waals surface area contributed by atoms with Crippen molar-refractivity contribution in [1.29, 1.82) is 0 Å². The first-order valence-corrected chi connectivity index (χ1v) is 12.2. The number of morpholine rings is 1. The minimum Gasteiger partial charge on any atom is -0.377 e. The molecule has 2 saturated heterocycles. The SMILES string of the molecule is C[C@@H]1COCCN1c1cc(N2CCCN(C)S2(=O)=O)nc(-c2cc(Cl)nc3[nH]ccc23)n1. The molecular weight excluding hydrogens is 454 g/mol. The van der Waals surface area contributed by atoms with Gasteiger partial charge in [0.15, 0.2) is 5.82 Å². The van der Waals surface area contributed by atoms with Gasteiger partial charge in [0.2, 0.25) is 0 Å². The number of aromatic nitrogens is 4. The van der Waals surface area contributed by atoms with E-state index in [-0.39, 0.29) is 6.04 Å². The van der Waals surface area contributed by atoms with Crippen molar-refractivity contribution in [1.82, 2.24) is 24.2 Å². The van der Waals surface area contributed by atoms with Crippen LogP contribution in [0.1, 0.15) is 13.3 Å². The van der Waals surface area contributed by atoms with Crippen molar-refractivity contribution < 1.29 is 13.2 Å². The second-order valence-corrected chi connectivity index (χ2v) is 10.4. The fourth-order valence-electron chi connectivity index (χ4n) is 4.14. The molecule has 0 aromatic carbocycles. The van der Waals surface area contributed by atoms with Gasteiger partial charge in [-0.2, -0.15) is 12.7 Å². The minimum atomic E-state index is -3.67. The topological polar surface area (TPSA) is 108 Å². The maximum atomic E-state index is 13.1. The summed E-state index contributed by atoms with van der Waals surface area (Å²) in [5.41, 5.74) is 1.31. The number of fused-ring (bicyclic) bond motifs is 1. The molecule has 1 N–H and O–H groups in total. The van der Waals surface area contributed by atoms with Gasteiger partial charge in [0.25, 0.3) is 0 Å². The van der Waals surface area contributed by atoms with Crippen LogP contribution in [0.4, 0.5) is 11.6 Å². The zero-order valence-electron chi connectivity index (χ0n) is 17.8. The number of nitrogens with zero attached hydrogens (tertiary/aromatic N) is 6. The number of pyridine rings is 1. The van der Waals surface area contributed by atoms with E-state index in [1.165, 1.54) is 8.61 Å². The largest absolute Gasteiger partial charge is 0.377 e. The van der Waals surface area contributed by atoms with Crippen molar-refractivity contribution in [3.63, 3.8) is 0 Å². The van der Waals surface area contributed by atoms with Crippen molar-refractivity contribution in [3.05, 3.63) is 29.5 Å². The van der Waals surface area contributed by atoms with Crippen LogP contribution in [0.15, 0.2) is 24.4 Å². The molecule has 32 heavy (non-hydrogen) atoms. The third-order valence-corrected chi connectivity index (χ3v) is 7.95. The molecule has 2 aliphatic rings. The molecule has 0 radical (unpaired) electrons. The van der Waals surface area contributed by atoms with Crippen LogP contribution < -0.4 is 9.21 Å². The van der Waals surface area contributed by atoms with Gasteiger partial charge in [-0.05, 0) is 25.5 Å². The van der Waals surface area contributed by atoms with Gasteiger partial charge >= 0.3 is 10.2 Å². The van der Waals surface area contributed by atoms with E-state index >= 15 is 0 Å². The Hall–Kier alpha value is -2.47. The zero-order chi connectivity index (χ0) is 22.5. The van der Waals surface area contributed by atoms with E-state index in [2.05, 4.69) is 21.8 Å². The normalized spacial score (nSPS) is 21.9. The summed E-state index contributed by atoms with van der Waals surface area (Å²) in [5, 5.41) is 1.11. The van der Waals surface area contributed by atoms with Crippen LogP contribution in [0.3, 0.4) is 0 Å². The molecule has 2 aliphatic heterocycles. The fraction of sp³-hybridized carbons (Fsp3) is 0.450. The van der Waals surface area contributed by atoms with Crippen molar-refractivity contribution in [3.8, 4) is 11.4 Å². The monoisotopic (exact) mass is 477 g/mol. The van der Waals surface area contributed by atoms with E-state index in [0.717, 1.165) is 5.39 Å². The summed E-state index contributed by atoms with van der Waals surface area (Å²) in [4.78, 5) is 19.0. The first kappa shape index (κ1) is 21.4. The molecule has 170 valence electrons. The number of H-pyrrole nitrogens is 1. The zero-order valence-corrected chi connectivity index (χ0v) is 19.4. The number of aromatic amines is 1. The Bertz CT molecular complexity index is 1270. The third-order valence-electron chi connectivity index (χ3n) is 5.86. The van der Waals surface area contributed by atoms with Crippen molar-refractivity contribution in [2.24, 2.45) is 0 Å². The second-order valence-electron chi connectivity index (χ2n) is 8.01. The lowest BCUT2D eigenvalue weighted by atomic mass is 10.1. The molecule has 0 spiro atoms. The predicted octanol–water partition coefficient (Wildman–Crippen LogP) is 2.29. The number of halogens is 1. The molecule has 0 bridgehead atoms. The Balaban J connectivity index is 1.71. The van der Waals surface area contributed by atoms with Gasteiger partial charge in [0.1, 0.15) is 22.4 Å². The van der Waals surface area contributed by atoms with Gasteiger partial charge in [-0.25, -0.2) is 19.3 Å². The molecule has 3 aromatic heterocycles. The molecule has 3 aromatic rings. The summed E-state index contributed by atoms with van der Waals surface area (Å²) < 4.78 is 34.4. The molecule has 1 atom stereocenters. The van der Waals surface area contributed by atoms with Gasteiger partial charge < -0.3 is 14.6 Å². The van der Waals surface area contributed by atoms with Crippen LogP contribution in [0, 0.1) is 0 Å². The van der Waals surface area contributed by atoms with Gasteiger partial charge in [0.05, 0.1) is 19.3 Å². The highest BCUT2D eigenvalue weighted by atomic mass is 35.5. The van der Waals surface area contributed by atoms with E-state index < -0.39 is 10.2 Å². The standard InChI is InChI=1S/C20H24ClN7O3S/c1-13-12-31-9-8-27(13)17-11-18(28-7-3-6-26(2)32(28,29)30)25-20(24-17)15-10-16(21)23-19-14(15)4-5-22-19/h4-5,10-11,13H,3,6-9,12H2,1-2H3,(H,22,23)/t13-/m1/s1. The first-order valence-electron chi connectivity index (χ1n) is 10.5. The van der Waals surface area contributed by atoms with E-state index in [4.69, 9.17) is 26.3 Å². The Kier molecular flexibility index (Phi) is 5.44. The average molecular weight is 478 g/mol. The van der Waals surface area contributed by atoms with Crippen LogP contribution >= 0.6 is 11.6 Å². The van der Waals surface area contributed by atoms with Crippen LogP contribution in [-0.4, -0.2) is 78.6 Å². The number of ether oxygens (including phenoxy) is 1. The van der Waals surface area contributed by atoms with E-state index in [9.17, 15) is 8.42 Å². The lowest BCUT2D eigenvalue weighted by molar-refractivity contribution is 0.0985. The van der Waals surface area contributed by atoms with Gasteiger partial charge in [-0.3, -0.25) is 0 Å². The predicted molar refractivity (Wildman–Crippen MR) is 123 cm³/mol. The van der Waals surface area contributed by atoms with Crippen molar-refractivity contribution in [2.45, 2.75) is 19.4 Å². The Morgan fingerprint density at radius 3 is 2.78 bits per heavy atom. The van der Waals surface area contributed by atoms with Crippen LogP contribution in [0.2, 0.25) is 5.15 Å². The highest BCUT2D eigenvalue weighted by Gasteiger charge is 2.33. The quantitative estimate of drug-likeness (QED) is 0.576. The van der Waals surface area contributed by atoms with Crippen molar-refractivity contribution >= 4 is 44.5 Å². The molecule has 12 heteroatoms. The summed E-state index contributed by atoms with van der Waals surface area (Å²) in [7, 11) is -2.08. The van der Waals surface area contributed by atoms with E-state index in [1.807, 2.05) is 6.07 Å². The molecule has 0 amide bonds. The molecule has 10 nitrogen and oxygen atoms in total. The molecule has 0 saturated carbocycles.